The van der Waals surface area contributed by atoms with Crippen LogP contribution >= 0.6 is 0 Å². The first-order valence-electron chi connectivity index (χ1n) is 7.47. The average molecular weight is 330 g/mol. The molecule has 124 valence electrons. The van der Waals surface area contributed by atoms with Gasteiger partial charge in [-0.3, -0.25) is 4.79 Å². The molecule has 0 aliphatic heterocycles. The molecule has 0 saturated heterocycles. The van der Waals surface area contributed by atoms with Gasteiger partial charge < -0.3 is 14.6 Å². The van der Waals surface area contributed by atoms with Crippen LogP contribution in [0.2, 0.25) is 0 Å². The Morgan fingerprint density at radius 1 is 1.08 bits per heavy atom. The van der Waals surface area contributed by atoms with Gasteiger partial charge in [0, 0.05) is 23.8 Å². The van der Waals surface area contributed by atoms with Gasteiger partial charge >= 0.3 is 6.61 Å². The summed E-state index contributed by atoms with van der Waals surface area (Å²) >= 11 is 0. The maximum absolute atomic E-state index is 12.4. The number of ether oxygens (including phenoxy) is 1. The molecule has 24 heavy (non-hydrogen) atoms. The van der Waals surface area contributed by atoms with Crippen LogP contribution in [-0.2, 0) is 17.9 Å². The van der Waals surface area contributed by atoms with Gasteiger partial charge in [0.2, 0.25) is 5.91 Å². The quantitative estimate of drug-likeness (QED) is 0.751. The van der Waals surface area contributed by atoms with Gasteiger partial charge in [0.15, 0.2) is 0 Å². The van der Waals surface area contributed by atoms with Crippen molar-refractivity contribution in [2.75, 3.05) is 0 Å². The molecule has 0 radical (unpaired) electrons. The highest BCUT2D eigenvalue weighted by atomic mass is 19.3. The molecular formula is C18H16F2N2O2. The van der Waals surface area contributed by atoms with E-state index in [1.54, 1.807) is 18.2 Å². The lowest BCUT2D eigenvalue weighted by Crippen LogP contribution is -2.27. The van der Waals surface area contributed by atoms with Crippen molar-refractivity contribution in [3.63, 3.8) is 0 Å². The van der Waals surface area contributed by atoms with E-state index in [2.05, 4.69) is 10.1 Å². The second-order valence-corrected chi connectivity index (χ2v) is 5.27. The Morgan fingerprint density at radius 2 is 1.83 bits per heavy atom. The van der Waals surface area contributed by atoms with Gasteiger partial charge in [0.25, 0.3) is 0 Å². The number of hydrogen-bond donors (Lipinski definition) is 1. The van der Waals surface area contributed by atoms with Crippen molar-refractivity contribution in [3.05, 3.63) is 66.4 Å². The zero-order valence-corrected chi connectivity index (χ0v) is 12.8. The molecule has 0 spiro atoms. The maximum atomic E-state index is 12.4. The monoisotopic (exact) mass is 330 g/mol. The Balaban J connectivity index is 1.64. The average Bonchev–Trinajstić information content (AvgIpc) is 2.97. The number of para-hydroxylation sites is 2. The summed E-state index contributed by atoms with van der Waals surface area (Å²) in [6.45, 7) is -2.61. The first kappa shape index (κ1) is 16.0. The van der Waals surface area contributed by atoms with Crippen molar-refractivity contribution < 1.29 is 18.3 Å². The van der Waals surface area contributed by atoms with E-state index >= 15 is 0 Å². The number of alkyl halides is 2. The standard InChI is InChI=1S/C18H16F2N2O2/c19-18(20)24-16-8-4-2-6-14(16)11-21-17(23)12-22-10-9-13-5-1-3-7-15(13)22/h1-10,18H,11-12H2,(H,21,23). The van der Waals surface area contributed by atoms with Crippen LogP contribution < -0.4 is 10.1 Å². The number of aromatic nitrogens is 1. The highest BCUT2D eigenvalue weighted by Crippen LogP contribution is 2.20. The molecule has 0 aliphatic carbocycles. The minimum atomic E-state index is -2.90. The molecular weight excluding hydrogens is 314 g/mol. The molecule has 6 heteroatoms. The van der Waals surface area contributed by atoms with Crippen molar-refractivity contribution in [2.45, 2.75) is 19.7 Å². The van der Waals surface area contributed by atoms with Crippen LogP contribution in [0.1, 0.15) is 5.56 Å². The Kier molecular flexibility index (Phi) is 4.74. The Labute approximate surface area is 137 Å². The molecule has 4 nitrogen and oxygen atoms in total. The minimum absolute atomic E-state index is 0.0687. The van der Waals surface area contributed by atoms with Crippen LogP contribution in [0.15, 0.2) is 60.8 Å². The van der Waals surface area contributed by atoms with Crippen LogP contribution in [0.5, 0.6) is 5.75 Å². The Morgan fingerprint density at radius 3 is 2.67 bits per heavy atom. The molecule has 0 aliphatic rings. The van der Waals surface area contributed by atoms with Crippen molar-refractivity contribution in [2.24, 2.45) is 0 Å². The van der Waals surface area contributed by atoms with Gasteiger partial charge in [-0.25, -0.2) is 0 Å². The van der Waals surface area contributed by atoms with E-state index in [-0.39, 0.29) is 24.7 Å². The van der Waals surface area contributed by atoms with Crippen LogP contribution in [0, 0.1) is 0 Å². The summed E-state index contributed by atoms with van der Waals surface area (Å²) in [6, 6.07) is 16.1. The molecule has 0 fully saturated rings. The van der Waals surface area contributed by atoms with Crippen LogP contribution in [0.4, 0.5) is 8.78 Å². The number of amides is 1. The third kappa shape index (κ3) is 3.71. The highest BCUT2D eigenvalue weighted by Gasteiger charge is 2.11. The van der Waals surface area contributed by atoms with Gasteiger partial charge in [-0.05, 0) is 23.6 Å². The fourth-order valence-corrected chi connectivity index (χ4v) is 2.54. The van der Waals surface area contributed by atoms with E-state index in [1.807, 2.05) is 41.1 Å². The molecule has 3 rings (SSSR count). The number of carbonyl (C=O) groups is 1. The SMILES string of the molecule is O=C(Cn1ccc2ccccc21)NCc1ccccc1OC(F)F. The van der Waals surface area contributed by atoms with E-state index in [9.17, 15) is 13.6 Å². The van der Waals surface area contributed by atoms with Gasteiger partial charge in [-0.1, -0.05) is 36.4 Å². The van der Waals surface area contributed by atoms with Crippen molar-refractivity contribution in [3.8, 4) is 5.75 Å². The summed E-state index contributed by atoms with van der Waals surface area (Å²) in [5, 5.41) is 3.79. The third-order valence-corrected chi connectivity index (χ3v) is 3.66. The Hall–Kier alpha value is -2.89. The zero-order chi connectivity index (χ0) is 16.9. The predicted molar refractivity (Wildman–Crippen MR) is 86.9 cm³/mol. The molecule has 0 bridgehead atoms. The number of halogens is 2. The molecule has 1 heterocycles. The molecule has 1 amide bonds. The smallest absolute Gasteiger partial charge is 0.387 e. The number of fused-ring (bicyclic) bond motifs is 1. The number of carbonyl (C=O) groups excluding carboxylic acids is 1. The summed E-state index contributed by atoms with van der Waals surface area (Å²) < 4.78 is 31.1. The molecule has 1 aromatic heterocycles. The predicted octanol–water partition coefficient (Wildman–Crippen LogP) is 3.56. The molecule has 0 unspecified atom stereocenters. The number of benzene rings is 2. The number of hydrogen-bond acceptors (Lipinski definition) is 2. The van der Waals surface area contributed by atoms with E-state index in [4.69, 9.17) is 0 Å². The van der Waals surface area contributed by atoms with E-state index in [0.717, 1.165) is 10.9 Å². The summed E-state index contributed by atoms with van der Waals surface area (Å²) in [5.74, 6) is -0.137. The number of nitrogens with one attached hydrogen (secondary N) is 1. The Bertz CT molecular complexity index is 846. The topological polar surface area (TPSA) is 43.3 Å². The highest BCUT2D eigenvalue weighted by molar-refractivity contribution is 5.83. The lowest BCUT2D eigenvalue weighted by molar-refractivity contribution is -0.121. The van der Waals surface area contributed by atoms with Crippen molar-refractivity contribution in [1.29, 1.82) is 0 Å². The van der Waals surface area contributed by atoms with Gasteiger partial charge in [0.05, 0.1) is 0 Å². The van der Waals surface area contributed by atoms with E-state index in [1.165, 1.54) is 6.07 Å². The fraction of sp³-hybridized carbons (Fsp3) is 0.167. The summed E-state index contributed by atoms with van der Waals surface area (Å²) in [6.07, 6.45) is 1.85. The normalized spacial score (nSPS) is 11.0. The molecule has 0 saturated carbocycles. The number of rotatable bonds is 6. The molecule has 3 aromatic rings. The lowest BCUT2D eigenvalue weighted by atomic mass is 10.2. The first-order chi connectivity index (χ1) is 11.6. The van der Waals surface area contributed by atoms with Crippen molar-refractivity contribution in [1.82, 2.24) is 9.88 Å². The first-order valence-corrected chi connectivity index (χ1v) is 7.47. The third-order valence-electron chi connectivity index (χ3n) is 3.66. The molecule has 2 aromatic carbocycles. The molecule has 0 atom stereocenters. The van der Waals surface area contributed by atoms with Crippen LogP contribution in [-0.4, -0.2) is 17.1 Å². The minimum Gasteiger partial charge on any atom is -0.434 e. The summed E-state index contributed by atoms with van der Waals surface area (Å²) in [5.41, 5.74) is 1.47. The van der Waals surface area contributed by atoms with Crippen LogP contribution in [0.3, 0.4) is 0 Å². The van der Waals surface area contributed by atoms with Gasteiger partial charge in [0.1, 0.15) is 12.3 Å². The van der Waals surface area contributed by atoms with E-state index < -0.39 is 6.61 Å². The summed E-state index contributed by atoms with van der Waals surface area (Å²) in [4.78, 5) is 12.1. The largest absolute Gasteiger partial charge is 0.434 e. The second kappa shape index (κ2) is 7.12. The zero-order valence-electron chi connectivity index (χ0n) is 12.8. The second-order valence-electron chi connectivity index (χ2n) is 5.27. The number of nitrogens with zero attached hydrogens (tertiary/aromatic N) is 1. The maximum Gasteiger partial charge on any atom is 0.387 e. The van der Waals surface area contributed by atoms with Crippen LogP contribution in [0.25, 0.3) is 10.9 Å². The van der Waals surface area contributed by atoms with Gasteiger partial charge in [-0.15, -0.1) is 0 Å². The van der Waals surface area contributed by atoms with Crippen molar-refractivity contribution >= 4 is 16.8 Å². The van der Waals surface area contributed by atoms with Gasteiger partial charge in [-0.2, -0.15) is 8.78 Å². The lowest BCUT2D eigenvalue weighted by Gasteiger charge is -2.12. The molecule has 1 N–H and O–H groups in total. The van der Waals surface area contributed by atoms with E-state index in [0.29, 0.717) is 5.56 Å². The fourth-order valence-electron chi connectivity index (χ4n) is 2.54. The summed E-state index contributed by atoms with van der Waals surface area (Å²) in [7, 11) is 0.